The summed E-state index contributed by atoms with van der Waals surface area (Å²) < 4.78 is 22.4. The number of rotatable bonds is 10. The highest BCUT2D eigenvalue weighted by Crippen LogP contribution is 2.15. The second-order valence-corrected chi connectivity index (χ2v) is 8.02. The molecule has 0 aliphatic rings. The molecule has 3 amide bonds. The summed E-state index contributed by atoms with van der Waals surface area (Å²) in [6, 6.07) is -0.388. The Morgan fingerprint density at radius 3 is 2.22 bits per heavy atom. The molecule has 0 aliphatic carbocycles. The Labute approximate surface area is 139 Å². The summed E-state index contributed by atoms with van der Waals surface area (Å²) in [7, 11) is -3.62. The zero-order valence-corrected chi connectivity index (χ0v) is 15.3. The van der Waals surface area contributed by atoms with Crippen LogP contribution in [0.1, 0.15) is 40.5 Å². The molecule has 136 valence electrons. The number of carbonyl (C=O) groups excluding carboxylic acids is 2. The molecule has 0 aromatic rings. The highest BCUT2D eigenvalue weighted by atomic mass is 32.2. The van der Waals surface area contributed by atoms with Gasteiger partial charge in [-0.25, -0.2) is 18.4 Å². The number of amides is 3. The summed E-state index contributed by atoms with van der Waals surface area (Å²) in [6.45, 7) is 8.42. The van der Waals surface area contributed by atoms with E-state index < -0.39 is 15.4 Å². The predicted octanol–water partition coefficient (Wildman–Crippen LogP) is 0.249. The largest absolute Gasteiger partial charge is 0.355 e. The molecule has 0 aromatic heterocycles. The molecule has 0 saturated heterocycles. The first-order valence-corrected chi connectivity index (χ1v) is 9.52. The first-order valence-electron chi connectivity index (χ1n) is 7.80. The van der Waals surface area contributed by atoms with Crippen molar-refractivity contribution in [3.8, 4) is 0 Å². The Balaban J connectivity index is 4.58. The molecule has 0 radical (unpaired) electrons. The third-order valence-electron chi connectivity index (χ3n) is 3.00. The molecule has 0 heterocycles. The van der Waals surface area contributed by atoms with Gasteiger partial charge in [0.1, 0.15) is 6.54 Å². The van der Waals surface area contributed by atoms with E-state index in [1.54, 1.807) is 13.8 Å². The van der Waals surface area contributed by atoms with E-state index in [9.17, 15) is 18.0 Å². The number of nitrogens with two attached hydrogens (primary N) is 1. The summed E-state index contributed by atoms with van der Waals surface area (Å²) in [6.07, 6.45) is 1.54. The Hall–Kier alpha value is -1.35. The van der Waals surface area contributed by atoms with Crippen molar-refractivity contribution < 1.29 is 18.0 Å². The minimum atomic E-state index is -3.62. The summed E-state index contributed by atoms with van der Waals surface area (Å²) in [5.74, 6) is -0.440. The van der Waals surface area contributed by atoms with E-state index in [-0.39, 0.29) is 30.8 Å². The van der Waals surface area contributed by atoms with Gasteiger partial charge in [-0.05, 0) is 18.3 Å². The number of nitrogens with zero attached hydrogens (tertiary/aromatic N) is 1. The topological polar surface area (TPSA) is 122 Å². The van der Waals surface area contributed by atoms with E-state index in [0.29, 0.717) is 13.1 Å². The number of carbonyl (C=O) groups is 2. The average Bonchev–Trinajstić information content (AvgIpc) is 2.39. The molecular formula is C14H30N4O4S. The molecule has 23 heavy (non-hydrogen) atoms. The number of hydrogen-bond acceptors (Lipinski definition) is 4. The fraction of sp³-hybridized carbons (Fsp3) is 0.857. The highest BCUT2D eigenvalue weighted by molar-refractivity contribution is 7.89. The SMILES string of the molecule is CCCNC(=O)CN(CCC)C(=O)NCC(C)(C)CS(N)(=O)=O. The Bertz CT molecular complexity index is 491. The van der Waals surface area contributed by atoms with Crippen LogP contribution < -0.4 is 15.8 Å². The van der Waals surface area contributed by atoms with Gasteiger partial charge in [0.2, 0.25) is 15.9 Å². The molecule has 0 fully saturated rings. The molecule has 0 unspecified atom stereocenters. The smallest absolute Gasteiger partial charge is 0.317 e. The molecule has 0 aromatic carbocycles. The van der Waals surface area contributed by atoms with Crippen LogP contribution in [0, 0.1) is 5.41 Å². The Morgan fingerprint density at radius 1 is 1.13 bits per heavy atom. The van der Waals surface area contributed by atoms with E-state index in [2.05, 4.69) is 10.6 Å². The lowest BCUT2D eigenvalue weighted by molar-refractivity contribution is -0.121. The van der Waals surface area contributed by atoms with Crippen LogP contribution in [-0.4, -0.2) is 57.2 Å². The standard InChI is InChI=1S/C14H30N4O4S/c1-5-7-16-12(19)9-18(8-6-2)13(20)17-10-14(3,4)11-23(15,21)22/h5-11H2,1-4H3,(H,16,19)(H,17,20)(H2,15,21,22). The number of urea groups is 1. The molecule has 9 heteroatoms. The maximum atomic E-state index is 12.2. The molecule has 8 nitrogen and oxygen atoms in total. The van der Waals surface area contributed by atoms with E-state index in [1.165, 1.54) is 4.90 Å². The van der Waals surface area contributed by atoms with Crippen LogP contribution in [0.5, 0.6) is 0 Å². The van der Waals surface area contributed by atoms with Crippen LogP contribution in [0.4, 0.5) is 4.79 Å². The first kappa shape index (κ1) is 21.6. The number of sulfonamides is 1. The molecule has 0 aliphatic heterocycles. The molecule has 0 atom stereocenters. The molecule has 0 rings (SSSR count). The minimum Gasteiger partial charge on any atom is -0.355 e. The fourth-order valence-corrected chi connectivity index (χ4v) is 3.23. The van der Waals surface area contributed by atoms with Crippen molar-refractivity contribution in [3.63, 3.8) is 0 Å². The van der Waals surface area contributed by atoms with Crippen molar-refractivity contribution in [2.24, 2.45) is 10.6 Å². The van der Waals surface area contributed by atoms with Gasteiger partial charge < -0.3 is 15.5 Å². The zero-order chi connectivity index (χ0) is 18.1. The number of hydrogen-bond donors (Lipinski definition) is 3. The molecule has 4 N–H and O–H groups in total. The third kappa shape index (κ3) is 10.9. The summed E-state index contributed by atoms with van der Waals surface area (Å²) in [4.78, 5) is 25.4. The van der Waals surface area contributed by atoms with Gasteiger partial charge in [-0.2, -0.15) is 0 Å². The van der Waals surface area contributed by atoms with Crippen LogP contribution in [0.3, 0.4) is 0 Å². The monoisotopic (exact) mass is 350 g/mol. The van der Waals surface area contributed by atoms with Crippen molar-refractivity contribution in [1.29, 1.82) is 0 Å². The first-order chi connectivity index (χ1) is 10.5. The molecule has 0 bridgehead atoms. The summed E-state index contributed by atoms with van der Waals surface area (Å²) >= 11 is 0. The second-order valence-electron chi connectivity index (χ2n) is 6.40. The number of nitrogens with one attached hydrogen (secondary N) is 2. The van der Waals surface area contributed by atoms with Crippen LogP contribution >= 0.6 is 0 Å². The van der Waals surface area contributed by atoms with Gasteiger partial charge in [0.15, 0.2) is 0 Å². The maximum Gasteiger partial charge on any atom is 0.317 e. The van der Waals surface area contributed by atoms with Crippen LogP contribution in [0.25, 0.3) is 0 Å². The Kier molecular flexibility index (Phi) is 9.14. The van der Waals surface area contributed by atoms with Gasteiger partial charge in [-0.1, -0.05) is 27.7 Å². The van der Waals surface area contributed by atoms with E-state index in [1.807, 2.05) is 13.8 Å². The quantitative estimate of drug-likeness (QED) is 0.523. The third-order valence-corrected chi connectivity index (χ3v) is 4.18. The van der Waals surface area contributed by atoms with Crippen molar-refractivity contribution in [2.75, 3.05) is 31.9 Å². The van der Waals surface area contributed by atoms with Crippen molar-refractivity contribution >= 4 is 22.0 Å². The lowest BCUT2D eigenvalue weighted by atomic mass is 9.97. The van der Waals surface area contributed by atoms with Gasteiger partial charge in [0.25, 0.3) is 0 Å². The van der Waals surface area contributed by atoms with Crippen molar-refractivity contribution in [2.45, 2.75) is 40.5 Å². The maximum absolute atomic E-state index is 12.2. The van der Waals surface area contributed by atoms with E-state index in [0.717, 1.165) is 12.8 Å². The van der Waals surface area contributed by atoms with Gasteiger partial charge in [-0.3, -0.25) is 4.79 Å². The lowest BCUT2D eigenvalue weighted by Crippen LogP contribution is -2.49. The molecule has 0 spiro atoms. The van der Waals surface area contributed by atoms with Gasteiger partial charge in [-0.15, -0.1) is 0 Å². The second kappa shape index (κ2) is 9.71. The van der Waals surface area contributed by atoms with E-state index in [4.69, 9.17) is 5.14 Å². The number of primary sulfonamides is 1. The predicted molar refractivity (Wildman–Crippen MR) is 90.3 cm³/mol. The average molecular weight is 350 g/mol. The zero-order valence-electron chi connectivity index (χ0n) is 14.5. The van der Waals surface area contributed by atoms with Crippen LogP contribution in [0.2, 0.25) is 0 Å². The highest BCUT2D eigenvalue weighted by Gasteiger charge is 2.26. The van der Waals surface area contributed by atoms with Gasteiger partial charge in [0.05, 0.1) is 5.75 Å². The van der Waals surface area contributed by atoms with Crippen molar-refractivity contribution in [1.82, 2.24) is 15.5 Å². The van der Waals surface area contributed by atoms with Crippen molar-refractivity contribution in [3.05, 3.63) is 0 Å². The molecule has 0 saturated carbocycles. The molecular weight excluding hydrogens is 320 g/mol. The minimum absolute atomic E-state index is 0.0186. The Morgan fingerprint density at radius 2 is 1.74 bits per heavy atom. The fourth-order valence-electron chi connectivity index (χ4n) is 2.04. The van der Waals surface area contributed by atoms with E-state index >= 15 is 0 Å². The van der Waals surface area contributed by atoms with Gasteiger partial charge in [0, 0.05) is 19.6 Å². The summed E-state index contributed by atoms with van der Waals surface area (Å²) in [5.41, 5.74) is -0.689. The normalized spacial score (nSPS) is 11.9. The summed E-state index contributed by atoms with van der Waals surface area (Å²) in [5, 5.41) is 10.4. The van der Waals surface area contributed by atoms with Crippen LogP contribution in [0.15, 0.2) is 0 Å². The lowest BCUT2D eigenvalue weighted by Gasteiger charge is -2.27. The van der Waals surface area contributed by atoms with Gasteiger partial charge >= 0.3 is 6.03 Å². The van der Waals surface area contributed by atoms with Crippen LogP contribution in [-0.2, 0) is 14.8 Å².